The van der Waals surface area contributed by atoms with E-state index in [4.69, 9.17) is 10.5 Å². The molecule has 36 heavy (non-hydrogen) atoms. The first-order valence-electron chi connectivity index (χ1n) is 12.7. The van der Waals surface area contributed by atoms with Crippen molar-refractivity contribution in [1.82, 2.24) is 10.3 Å². The lowest BCUT2D eigenvalue weighted by molar-refractivity contribution is -0.123. The van der Waals surface area contributed by atoms with Crippen LogP contribution < -0.4 is 20.7 Å². The van der Waals surface area contributed by atoms with Crippen molar-refractivity contribution in [3.05, 3.63) is 90.3 Å². The summed E-state index contributed by atoms with van der Waals surface area (Å²) in [4.78, 5) is 19.2. The van der Waals surface area contributed by atoms with E-state index in [0.717, 1.165) is 35.5 Å². The molecule has 0 bridgehead atoms. The number of aromatic nitrogens is 1. The third kappa shape index (κ3) is 9.00. The molecule has 1 unspecified atom stereocenters. The molecule has 6 heteroatoms. The second-order valence-electron chi connectivity index (χ2n) is 10.4. The number of nitrogens with zero attached hydrogens (tertiary/aromatic N) is 2. The minimum absolute atomic E-state index is 0.148. The zero-order valence-corrected chi connectivity index (χ0v) is 22.0. The van der Waals surface area contributed by atoms with Gasteiger partial charge in [-0.3, -0.25) is 9.78 Å². The predicted molar refractivity (Wildman–Crippen MR) is 147 cm³/mol. The van der Waals surface area contributed by atoms with Gasteiger partial charge in [0.2, 0.25) is 5.91 Å². The summed E-state index contributed by atoms with van der Waals surface area (Å²) in [5, 5.41) is 3.17. The van der Waals surface area contributed by atoms with Crippen LogP contribution in [0, 0.1) is 5.92 Å². The van der Waals surface area contributed by atoms with Crippen molar-refractivity contribution >= 4 is 11.6 Å². The normalized spacial score (nSPS) is 12.3. The molecule has 0 saturated heterocycles. The molecule has 0 aliphatic rings. The monoisotopic (exact) mass is 488 g/mol. The number of pyridine rings is 1. The van der Waals surface area contributed by atoms with Crippen LogP contribution in [-0.2, 0) is 17.8 Å². The van der Waals surface area contributed by atoms with Gasteiger partial charge in [-0.15, -0.1) is 0 Å². The molecule has 1 atom stereocenters. The Morgan fingerprint density at radius 3 is 2.31 bits per heavy atom. The third-order valence-corrected chi connectivity index (χ3v) is 6.02. The molecule has 1 amide bonds. The van der Waals surface area contributed by atoms with Gasteiger partial charge in [0.1, 0.15) is 12.4 Å². The number of amides is 1. The summed E-state index contributed by atoms with van der Waals surface area (Å²) in [5.74, 6) is 1.26. The minimum Gasteiger partial charge on any atom is -0.489 e. The average molecular weight is 489 g/mol. The molecule has 0 radical (unpaired) electrons. The summed E-state index contributed by atoms with van der Waals surface area (Å²) in [6, 6.07) is 21.5. The SMILES string of the molecule is CC(C)CCN(CC(C)(C)NC(=O)C(N)Cc1ccncc1)c1ccc(OCc2ccccc2)cc1. The van der Waals surface area contributed by atoms with Crippen molar-refractivity contribution in [3.63, 3.8) is 0 Å². The molecular weight excluding hydrogens is 448 g/mol. The minimum atomic E-state index is -0.614. The van der Waals surface area contributed by atoms with Crippen molar-refractivity contribution in [2.24, 2.45) is 11.7 Å². The molecule has 192 valence electrons. The Kier molecular flexibility index (Phi) is 9.88. The van der Waals surface area contributed by atoms with Gasteiger partial charge in [-0.25, -0.2) is 0 Å². The fraction of sp³-hybridized carbons (Fsp3) is 0.400. The van der Waals surface area contributed by atoms with E-state index < -0.39 is 11.6 Å². The van der Waals surface area contributed by atoms with E-state index in [0.29, 0.717) is 25.5 Å². The van der Waals surface area contributed by atoms with Crippen LogP contribution in [0.5, 0.6) is 5.75 Å². The van der Waals surface area contributed by atoms with Gasteiger partial charge in [0.05, 0.1) is 11.6 Å². The molecule has 3 aromatic rings. The third-order valence-electron chi connectivity index (χ3n) is 6.02. The highest BCUT2D eigenvalue weighted by Crippen LogP contribution is 2.23. The second kappa shape index (κ2) is 13.1. The van der Waals surface area contributed by atoms with E-state index in [1.54, 1.807) is 12.4 Å². The number of carbonyl (C=O) groups is 1. The highest BCUT2D eigenvalue weighted by atomic mass is 16.5. The summed E-state index contributed by atoms with van der Waals surface area (Å²) in [5.41, 5.74) is 9.00. The van der Waals surface area contributed by atoms with Gasteiger partial charge < -0.3 is 20.7 Å². The van der Waals surface area contributed by atoms with Crippen LogP contribution in [0.15, 0.2) is 79.1 Å². The molecule has 3 N–H and O–H groups in total. The zero-order chi connectivity index (χ0) is 26.0. The van der Waals surface area contributed by atoms with Gasteiger partial charge in [-0.2, -0.15) is 0 Å². The molecule has 1 aromatic heterocycles. The van der Waals surface area contributed by atoms with Crippen LogP contribution in [0.25, 0.3) is 0 Å². The lowest BCUT2D eigenvalue weighted by atomic mass is 10.0. The number of benzene rings is 2. The highest BCUT2D eigenvalue weighted by Gasteiger charge is 2.27. The molecule has 2 aromatic carbocycles. The first kappa shape index (κ1) is 27.2. The number of ether oxygens (including phenoxy) is 1. The smallest absolute Gasteiger partial charge is 0.237 e. The molecule has 0 aliphatic carbocycles. The fourth-order valence-corrected chi connectivity index (χ4v) is 4.02. The molecule has 3 rings (SSSR count). The summed E-state index contributed by atoms with van der Waals surface area (Å²) in [6.45, 7) is 10.6. The van der Waals surface area contributed by atoms with Gasteiger partial charge in [0, 0.05) is 31.2 Å². The Labute approximate surface area is 215 Å². The fourth-order valence-electron chi connectivity index (χ4n) is 4.02. The summed E-state index contributed by atoms with van der Waals surface area (Å²) in [6.07, 6.45) is 4.97. The van der Waals surface area contributed by atoms with E-state index in [1.165, 1.54) is 0 Å². The number of rotatable bonds is 13. The lowest BCUT2D eigenvalue weighted by Crippen LogP contribution is -2.56. The van der Waals surface area contributed by atoms with Crippen LogP contribution in [0.2, 0.25) is 0 Å². The Morgan fingerprint density at radius 1 is 1.00 bits per heavy atom. The molecule has 0 fully saturated rings. The number of carbonyl (C=O) groups excluding carboxylic acids is 1. The molecule has 1 heterocycles. The van der Waals surface area contributed by atoms with E-state index in [1.807, 2.05) is 56.3 Å². The van der Waals surface area contributed by atoms with Crippen molar-refractivity contribution in [1.29, 1.82) is 0 Å². The number of nitrogens with two attached hydrogens (primary N) is 1. The van der Waals surface area contributed by atoms with Crippen molar-refractivity contribution in [2.45, 2.75) is 58.7 Å². The van der Waals surface area contributed by atoms with Crippen LogP contribution in [0.1, 0.15) is 45.2 Å². The number of hydrogen-bond donors (Lipinski definition) is 2. The highest BCUT2D eigenvalue weighted by molar-refractivity contribution is 5.82. The zero-order valence-electron chi connectivity index (χ0n) is 22.0. The summed E-state index contributed by atoms with van der Waals surface area (Å²) < 4.78 is 5.96. The van der Waals surface area contributed by atoms with Crippen LogP contribution in [0.3, 0.4) is 0 Å². The number of anilines is 1. The van der Waals surface area contributed by atoms with Gasteiger partial charge in [0.15, 0.2) is 0 Å². The van der Waals surface area contributed by atoms with Crippen molar-refractivity contribution in [3.8, 4) is 5.75 Å². The maximum Gasteiger partial charge on any atom is 0.237 e. The number of nitrogens with one attached hydrogen (secondary N) is 1. The van der Waals surface area contributed by atoms with Crippen LogP contribution >= 0.6 is 0 Å². The van der Waals surface area contributed by atoms with E-state index >= 15 is 0 Å². The average Bonchev–Trinajstić information content (AvgIpc) is 2.86. The molecule has 0 aliphatic heterocycles. The Hall–Kier alpha value is -3.38. The molecule has 0 spiro atoms. The van der Waals surface area contributed by atoms with E-state index in [-0.39, 0.29) is 5.91 Å². The van der Waals surface area contributed by atoms with Gasteiger partial charge in [-0.05, 0) is 80.1 Å². The van der Waals surface area contributed by atoms with E-state index in [9.17, 15) is 4.79 Å². The Morgan fingerprint density at radius 2 is 1.67 bits per heavy atom. The van der Waals surface area contributed by atoms with Crippen molar-refractivity contribution in [2.75, 3.05) is 18.0 Å². The summed E-state index contributed by atoms with van der Waals surface area (Å²) in [7, 11) is 0. The quantitative estimate of drug-likeness (QED) is 0.355. The second-order valence-corrected chi connectivity index (χ2v) is 10.4. The molecular formula is C30H40N4O2. The maximum absolute atomic E-state index is 12.9. The topological polar surface area (TPSA) is 80.5 Å². The lowest BCUT2D eigenvalue weighted by Gasteiger charge is -2.36. The Bertz CT molecular complexity index is 1050. The van der Waals surface area contributed by atoms with Crippen LogP contribution in [-0.4, -0.2) is 35.6 Å². The number of hydrogen-bond acceptors (Lipinski definition) is 5. The van der Waals surface area contributed by atoms with Gasteiger partial charge >= 0.3 is 0 Å². The van der Waals surface area contributed by atoms with Gasteiger partial charge in [0.25, 0.3) is 0 Å². The summed E-state index contributed by atoms with van der Waals surface area (Å²) >= 11 is 0. The molecule has 6 nitrogen and oxygen atoms in total. The largest absolute Gasteiger partial charge is 0.489 e. The molecule has 0 saturated carbocycles. The van der Waals surface area contributed by atoms with Crippen molar-refractivity contribution < 1.29 is 9.53 Å². The van der Waals surface area contributed by atoms with Gasteiger partial charge in [-0.1, -0.05) is 44.2 Å². The Balaban J connectivity index is 1.63. The van der Waals surface area contributed by atoms with E-state index in [2.05, 4.69) is 53.3 Å². The van der Waals surface area contributed by atoms with Crippen LogP contribution in [0.4, 0.5) is 5.69 Å². The standard InChI is InChI=1S/C30H40N4O2/c1-23(2)16-19-34(26-10-12-27(13-11-26)36-21-25-8-6-5-7-9-25)22-30(3,4)33-29(35)28(31)20-24-14-17-32-18-15-24/h5-15,17-18,23,28H,16,19-22,31H2,1-4H3,(H,33,35). The first-order chi connectivity index (χ1) is 17.2. The predicted octanol–water partition coefficient (Wildman–Crippen LogP) is 4.98. The first-order valence-corrected chi connectivity index (χ1v) is 12.7. The maximum atomic E-state index is 12.9.